The summed E-state index contributed by atoms with van der Waals surface area (Å²) < 4.78 is 27.6. The zero-order chi connectivity index (χ0) is 19.8. The lowest BCUT2D eigenvalue weighted by Gasteiger charge is -2.10. The third-order valence-electron chi connectivity index (χ3n) is 4.18. The molecule has 0 saturated carbocycles. The van der Waals surface area contributed by atoms with Crippen LogP contribution in [-0.2, 0) is 10.0 Å². The molecule has 0 radical (unpaired) electrons. The van der Waals surface area contributed by atoms with Crippen molar-refractivity contribution in [2.45, 2.75) is 31.7 Å². The van der Waals surface area contributed by atoms with E-state index in [2.05, 4.69) is 20.1 Å². The zero-order valence-electron chi connectivity index (χ0n) is 15.5. The molecule has 0 fully saturated rings. The number of aryl methyl sites for hydroxylation is 1. The molecule has 0 aliphatic carbocycles. The number of carbonyl (C=O) groups excluding carboxylic acids is 1. The number of hydrogen-bond acceptors (Lipinski definition) is 5. The number of hydrogen-bond donors (Lipinski definition) is 2. The summed E-state index contributed by atoms with van der Waals surface area (Å²) in [5.74, 6) is -0.316. The maximum Gasteiger partial charge on any atom is 0.257 e. The molecule has 27 heavy (non-hydrogen) atoms. The summed E-state index contributed by atoms with van der Waals surface area (Å²) in [6.07, 6.45) is 1.69. The van der Waals surface area contributed by atoms with E-state index in [0.717, 1.165) is 11.0 Å². The van der Waals surface area contributed by atoms with E-state index in [9.17, 15) is 13.2 Å². The molecule has 0 saturated heterocycles. The summed E-state index contributed by atoms with van der Waals surface area (Å²) in [5, 5.41) is 7.88. The molecule has 0 aliphatic rings. The molecule has 0 unspecified atom stereocenters. The monoisotopic (exact) mass is 387 g/mol. The number of nitrogens with zero attached hydrogens (tertiary/aromatic N) is 3. The van der Waals surface area contributed by atoms with Crippen molar-refractivity contribution in [1.82, 2.24) is 19.5 Å². The van der Waals surface area contributed by atoms with Crippen LogP contribution >= 0.6 is 0 Å². The number of carbonyl (C=O) groups is 1. The highest BCUT2D eigenvalue weighted by molar-refractivity contribution is 7.89. The van der Waals surface area contributed by atoms with Gasteiger partial charge in [0.05, 0.1) is 22.3 Å². The predicted molar refractivity (Wildman–Crippen MR) is 103 cm³/mol. The third kappa shape index (κ3) is 3.69. The van der Waals surface area contributed by atoms with Crippen LogP contribution in [0.2, 0.25) is 0 Å². The van der Waals surface area contributed by atoms with Crippen LogP contribution in [0.25, 0.3) is 11.0 Å². The molecule has 3 rings (SSSR count). The molecule has 2 heterocycles. The minimum absolute atomic E-state index is 0.128. The highest BCUT2D eigenvalue weighted by Gasteiger charge is 2.16. The predicted octanol–water partition coefficient (Wildman–Crippen LogP) is 2.48. The molecule has 9 heteroatoms. The van der Waals surface area contributed by atoms with Crippen LogP contribution in [0, 0.1) is 6.92 Å². The number of fused-ring (bicyclic) bond motifs is 1. The van der Waals surface area contributed by atoms with Gasteiger partial charge in [0.1, 0.15) is 0 Å². The van der Waals surface area contributed by atoms with Gasteiger partial charge < -0.3 is 5.32 Å². The molecule has 1 amide bonds. The highest BCUT2D eigenvalue weighted by atomic mass is 32.2. The molecule has 142 valence electrons. The fourth-order valence-electron chi connectivity index (χ4n) is 2.71. The van der Waals surface area contributed by atoms with Crippen molar-refractivity contribution < 1.29 is 13.2 Å². The van der Waals surface area contributed by atoms with Gasteiger partial charge in [-0.05, 0) is 58.2 Å². The Balaban J connectivity index is 1.87. The average molecular weight is 387 g/mol. The van der Waals surface area contributed by atoms with Crippen molar-refractivity contribution in [2.24, 2.45) is 0 Å². The Labute approximate surface area is 157 Å². The lowest BCUT2D eigenvalue weighted by Crippen LogP contribution is -2.18. The van der Waals surface area contributed by atoms with Gasteiger partial charge in [-0.25, -0.2) is 22.8 Å². The minimum atomic E-state index is -3.51. The number of rotatable bonds is 5. The number of sulfonamides is 1. The van der Waals surface area contributed by atoms with Crippen LogP contribution < -0.4 is 10.0 Å². The maximum atomic E-state index is 12.6. The number of aromatic nitrogens is 3. The largest absolute Gasteiger partial charge is 0.322 e. The quantitative estimate of drug-likeness (QED) is 0.700. The number of pyridine rings is 1. The Morgan fingerprint density at radius 1 is 1.19 bits per heavy atom. The number of anilines is 1. The molecule has 0 atom stereocenters. The fraction of sp³-hybridized carbons (Fsp3) is 0.278. The highest BCUT2D eigenvalue weighted by Crippen LogP contribution is 2.21. The second-order valence-corrected chi connectivity index (χ2v) is 8.29. The molecule has 3 aromatic rings. The van der Waals surface area contributed by atoms with Crippen molar-refractivity contribution in [3.8, 4) is 0 Å². The Morgan fingerprint density at radius 2 is 1.85 bits per heavy atom. The lowest BCUT2D eigenvalue weighted by atomic mass is 10.1. The van der Waals surface area contributed by atoms with E-state index < -0.39 is 10.0 Å². The smallest absolute Gasteiger partial charge is 0.257 e. The average Bonchev–Trinajstić information content (AvgIpc) is 3.04. The van der Waals surface area contributed by atoms with Crippen molar-refractivity contribution in [3.63, 3.8) is 0 Å². The van der Waals surface area contributed by atoms with Gasteiger partial charge in [-0.1, -0.05) is 0 Å². The van der Waals surface area contributed by atoms with E-state index in [4.69, 9.17) is 0 Å². The van der Waals surface area contributed by atoms with E-state index in [-0.39, 0.29) is 16.8 Å². The maximum absolute atomic E-state index is 12.6. The van der Waals surface area contributed by atoms with Crippen LogP contribution in [-0.4, -0.2) is 36.1 Å². The first-order chi connectivity index (χ1) is 12.7. The Bertz CT molecular complexity index is 1100. The standard InChI is InChI=1S/C18H21N5O3S/c1-11(2)23-17-13(10-20-23)9-16(12(3)21-17)18(24)22-14-5-7-15(8-6-14)27(25,26)19-4/h5-11,19H,1-4H3,(H,22,24). The van der Waals surface area contributed by atoms with Gasteiger partial charge in [-0.3, -0.25) is 4.79 Å². The van der Waals surface area contributed by atoms with E-state index in [1.54, 1.807) is 31.3 Å². The van der Waals surface area contributed by atoms with Gasteiger partial charge in [0.15, 0.2) is 5.65 Å². The first-order valence-corrected chi connectivity index (χ1v) is 9.91. The van der Waals surface area contributed by atoms with E-state index in [1.165, 1.54) is 19.2 Å². The first kappa shape index (κ1) is 19.0. The Kier molecular flexibility index (Phi) is 4.99. The number of benzene rings is 1. The zero-order valence-corrected chi connectivity index (χ0v) is 16.3. The normalized spacial score (nSPS) is 11.9. The summed E-state index contributed by atoms with van der Waals surface area (Å²) >= 11 is 0. The number of nitrogens with one attached hydrogen (secondary N) is 2. The Hall–Kier alpha value is -2.78. The fourth-order valence-corrected chi connectivity index (χ4v) is 3.44. The van der Waals surface area contributed by atoms with Gasteiger partial charge in [0.2, 0.25) is 10.0 Å². The summed E-state index contributed by atoms with van der Waals surface area (Å²) in [4.78, 5) is 17.3. The SMILES string of the molecule is CNS(=O)(=O)c1ccc(NC(=O)c2cc3cnn(C(C)C)c3nc2C)cc1. The molecule has 0 spiro atoms. The van der Waals surface area contributed by atoms with Crippen LogP contribution in [0.15, 0.2) is 41.4 Å². The molecule has 1 aromatic carbocycles. The molecule has 2 aromatic heterocycles. The molecule has 2 N–H and O–H groups in total. The van der Waals surface area contributed by atoms with E-state index >= 15 is 0 Å². The van der Waals surface area contributed by atoms with Crippen molar-refractivity contribution in [1.29, 1.82) is 0 Å². The van der Waals surface area contributed by atoms with Crippen LogP contribution in [0.1, 0.15) is 35.9 Å². The van der Waals surface area contributed by atoms with Crippen LogP contribution in [0.4, 0.5) is 5.69 Å². The summed E-state index contributed by atoms with van der Waals surface area (Å²) in [5.41, 5.74) is 2.27. The lowest BCUT2D eigenvalue weighted by molar-refractivity contribution is 0.102. The molecular weight excluding hydrogens is 366 g/mol. The van der Waals surface area contributed by atoms with Crippen molar-refractivity contribution in [3.05, 3.63) is 47.8 Å². The third-order valence-corrected chi connectivity index (χ3v) is 5.61. The van der Waals surface area contributed by atoms with Crippen molar-refractivity contribution >= 4 is 32.7 Å². The molecule has 0 bridgehead atoms. The minimum Gasteiger partial charge on any atom is -0.322 e. The summed E-state index contributed by atoms with van der Waals surface area (Å²) in [6.45, 7) is 5.80. The molecule has 8 nitrogen and oxygen atoms in total. The topological polar surface area (TPSA) is 106 Å². The molecule has 0 aliphatic heterocycles. The van der Waals surface area contributed by atoms with Crippen molar-refractivity contribution in [2.75, 3.05) is 12.4 Å². The second-order valence-electron chi connectivity index (χ2n) is 6.40. The Morgan fingerprint density at radius 3 is 2.44 bits per heavy atom. The van der Waals surface area contributed by atoms with Gasteiger partial charge in [-0.2, -0.15) is 5.10 Å². The van der Waals surface area contributed by atoms with Gasteiger partial charge in [-0.15, -0.1) is 0 Å². The van der Waals surface area contributed by atoms with Gasteiger partial charge >= 0.3 is 0 Å². The summed E-state index contributed by atoms with van der Waals surface area (Å²) in [7, 11) is -2.17. The molecular formula is C18H21N5O3S. The second kappa shape index (κ2) is 7.09. The van der Waals surface area contributed by atoms with Crippen LogP contribution in [0.3, 0.4) is 0 Å². The van der Waals surface area contributed by atoms with E-state index in [0.29, 0.717) is 16.9 Å². The van der Waals surface area contributed by atoms with Crippen LogP contribution in [0.5, 0.6) is 0 Å². The van der Waals surface area contributed by atoms with Gasteiger partial charge in [0, 0.05) is 17.1 Å². The number of amides is 1. The first-order valence-electron chi connectivity index (χ1n) is 8.43. The van der Waals surface area contributed by atoms with E-state index in [1.807, 2.05) is 18.5 Å². The summed E-state index contributed by atoms with van der Waals surface area (Å²) in [6, 6.07) is 7.88. The van der Waals surface area contributed by atoms with Gasteiger partial charge in [0.25, 0.3) is 5.91 Å².